The zero-order valence-electron chi connectivity index (χ0n) is 6.55. The van der Waals surface area contributed by atoms with Crippen LogP contribution in [0.4, 0.5) is 5.69 Å². The van der Waals surface area contributed by atoms with E-state index in [4.69, 9.17) is 17.3 Å². The number of carbonyl (C=O) groups is 1. The minimum atomic E-state index is -0.296. The number of nitrogen functional groups attached to an aromatic ring is 1. The fourth-order valence-electron chi connectivity index (χ4n) is 0.915. The summed E-state index contributed by atoms with van der Waals surface area (Å²) < 4.78 is 0. The Labute approximate surface area is 88.6 Å². The second kappa shape index (κ2) is 3.98. The Kier molecular flexibility index (Phi) is 3.17. The Morgan fingerprint density at radius 2 is 2.23 bits per heavy atom. The van der Waals surface area contributed by atoms with Gasteiger partial charge >= 0.3 is 0 Å². The zero-order chi connectivity index (χ0) is 10.0. The molecule has 0 aliphatic carbocycles. The third kappa shape index (κ3) is 1.95. The summed E-state index contributed by atoms with van der Waals surface area (Å²) in [7, 11) is 0. The van der Waals surface area contributed by atoms with Crippen LogP contribution in [0.2, 0.25) is 5.02 Å². The maximum absolute atomic E-state index is 11.3. The number of phenols is 1. The molecule has 0 aliphatic heterocycles. The highest BCUT2D eigenvalue weighted by Gasteiger charge is 2.16. The second-order valence-corrected chi connectivity index (χ2v) is 3.38. The van der Waals surface area contributed by atoms with Crippen LogP contribution in [-0.4, -0.2) is 16.2 Å². The number of halogens is 2. The summed E-state index contributed by atoms with van der Waals surface area (Å²) in [5.41, 5.74) is 5.62. The van der Waals surface area contributed by atoms with Gasteiger partial charge in [-0.3, -0.25) is 4.79 Å². The maximum Gasteiger partial charge on any atom is 0.178 e. The second-order valence-electron chi connectivity index (χ2n) is 2.42. The van der Waals surface area contributed by atoms with Gasteiger partial charge in [0.15, 0.2) is 11.5 Å². The zero-order valence-corrected chi connectivity index (χ0v) is 8.89. The van der Waals surface area contributed by atoms with Gasteiger partial charge in [-0.25, -0.2) is 0 Å². The fourth-order valence-corrected chi connectivity index (χ4v) is 1.45. The Morgan fingerprint density at radius 3 is 2.77 bits per heavy atom. The molecule has 0 bridgehead atoms. The van der Waals surface area contributed by atoms with Crippen molar-refractivity contribution in [3.8, 4) is 5.75 Å². The molecule has 13 heavy (non-hydrogen) atoms. The summed E-state index contributed by atoms with van der Waals surface area (Å²) in [6.07, 6.45) is 0. The number of hydrogen-bond acceptors (Lipinski definition) is 3. The molecule has 0 saturated carbocycles. The molecule has 1 aromatic rings. The van der Waals surface area contributed by atoms with Crippen molar-refractivity contribution < 1.29 is 9.90 Å². The molecule has 0 fully saturated rings. The molecule has 3 nitrogen and oxygen atoms in total. The lowest BCUT2D eigenvalue weighted by Gasteiger charge is -2.06. The largest absolute Gasteiger partial charge is 0.505 e. The highest BCUT2D eigenvalue weighted by Crippen LogP contribution is 2.31. The number of rotatable bonds is 2. The Hall–Kier alpha value is -0.740. The lowest BCUT2D eigenvalue weighted by Crippen LogP contribution is -2.03. The van der Waals surface area contributed by atoms with Crippen molar-refractivity contribution in [1.29, 1.82) is 0 Å². The number of anilines is 1. The number of benzene rings is 1. The third-order valence-electron chi connectivity index (χ3n) is 1.56. The van der Waals surface area contributed by atoms with Crippen molar-refractivity contribution in [1.82, 2.24) is 0 Å². The number of ketones is 1. The van der Waals surface area contributed by atoms with Crippen LogP contribution >= 0.6 is 27.5 Å². The molecule has 0 saturated heterocycles. The number of phenolic OH excluding ortho intramolecular Hbond substituents is 1. The Morgan fingerprint density at radius 1 is 1.62 bits per heavy atom. The number of hydrogen-bond donors (Lipinski definition) is 2. The van der Waals surface area contributed by atoms with Crippen molar-refractivity contribution in [2.75, 3.05) is 11.1 Å². The minimum Gasteiger partial charge on any atom is -0.505 e. The molecule has 5 heteroatoms. The van der Waals surface area contributed by atoms with Gasteiger partial charge in [0.25, 0.3) is 0 Å². The van der Waals surface area contributed by atoms with E-state index in [1.54, 1.807) is 0 Å². The summed E-state index contributed by atoms with van der Waals surface area (Å²) in [4.78, 5) is 11.3. The summed E-state index contributed by atoms with van der Waals surface area (Å²) in [6, 6.07) is 2.93. The van der Waals surface area contributed by atoms with Crippen LogP contribution in [0.15, 0.2) is 12.1 Å². The van der Waals surface area contributed by atoms with Crippen molar-refractivity contribution in [2.24, 2.45) is 0 Å². The van der Waals surface area contributed by atoms with Gasteiger partial charge in [0.2, 0.25) is 0 Å². The van der Waals surface area contributed by atoms with Gasteiger partial charge in [-0.15, -0.1) is 0 Å². The minimum absolute atomic E-state index is 0.0681. The molecule has 0 aliphatic rings. The van der Waals surface area contributed by atoms with Crippen LogP contribution in [0.25, 0.3) is 0 Å². The van der Waals surface area contributed by atoms with E-state index in [-0.39, 0.29) is 33.1 Å². The first kappa shape index (κ1) is 10.3. The molecule has 3 N–H and O–H groups in total. The molecular formula is C8H7BrClNO2. The van der Waals surface area contributed by atoms with E-state index in [1.807, 2.05) is 0 Å². The molecule has 0 heterocycles. The van der Waals surface area contributed by atoms with Crippen LogP contribution in [0.3, 0.4) is 0 Å². The summed E-state index contributed by atoms with van der Waals surface area (Å²) >= 11 is 8.70. The maximum atomic E-state index is 11.3. The van der Waals surface area contributed by atoms with E-state index < -0.39 is 0 Å². The van der Waals surface area contributed by atoms with Gasteiger partial charge in [-0.2, -0.15) is 0 Å². The van der Waals surface area contributed by atoms with Crippen molar-refractivity contribution in [3.63, 3.8) is 0 Å². The predicted molar refractivity (Wildman–Crippen MR) is 55.7 cm³/mol. The van der Waals surface area contributed by atoms with Crippen LogP contribution in [0, 0.1) is 0 Å². The van der Waals surface area contributed by atoms with Gasteiger partial charge in [0.1, 0.15) is 0 Å². The standard InChI is InChI=1S/C8H7BrClNO2/c9-3-6(12)7-4(10)1-2-5(11)8(7)13/h1-2,13H,3,11H2. The first-order valence-electron chi connectivity index (χ1n) is 3.44. The lowest BCUT2D eigenvalue weighted by atomic mass is 10.1. The van der Waals surface area contributed by atoms with Crippen molar-refractivity contribution in [2.45, 2.75) is 0 Å². The molecule has 1 rings (SSSR count). The first-order valence-corrected chi connectivity index (χ1v) is 4.94. The molecule has 0 amide bonds. The van der Waals surface area contributed by atoms with Gasteiger partial charge in [0.05, 0.1) is 21.6 Å². The molecular weight excluding hydrogens is 257 g/mol. The van der Waals surface area contributed by atoms with Crippen LogP contribution in [0.5, 0.6) is 5.75 Å². The van der Waals surface area contributed by atoms with Gasteiger partial charge < -0.3 is 10.8 Å². The van der Waals surface area contributed by atoms with E-state index in [1.165, 1.54) is 12.1 Å². The average Bonchev–Trinajstić information content (AvgIpc) is 2.12. The van der Waals surface area contributed by atoms with E-state index in [2.05, 4.69) is 15.9 Å². The van der Waals surface area contributed by atoms with Crippen LogP contribution in [0.1, 0.15) is 10.4 Å². The topological polar surface area (TPSA) is 63.3 Å². The Bertz CT molecular complexity index is 354. The first-order chi connectivity index (χ1) is 6.07. The molecule has 0 atom stereocenters. The average molecular weight is 265 g/mol. The number of alkyl halides is 1. The summed E-state index contributed by atoms with van der Waals surface area (Å²) in [6.45, 7) is 0. The van der Waals surface area contributed by atoms with E-state index in [0.717, 1.165) is 0 Å². The molecule has 1 aromatic carbocycles. The van der Waals surface area contributed by atoms with Crippen LogP contribution in [-0.2, 0) is 0 Å². The number of Topliss-reactive ketones (excluding diaryl/α,β-unsaturated/α-hetero) is 1. The van der Waals surface area contributed by atoms with Crippen LogP contribution < -0.4 is 5.73 Å². The number of carbonyl (C=O) groups excluding carboxylic acids is 1. The predicted octanol–water partition coefficient (Wildman–Crippen LogP) is 2.21. The van der Waals surface area contributed by atoms with Gasteiger partial charge in [0, 0.05) is 0 Å². The molecule has 0 radical (unpaired) electrons. The van der Waals surface area contributed by atoms with E-state index in [0.29, 0.717) is 0 Å². The fraction of sp³-hybridized carbons (Fsp3) is 0.125. The number of aromatic hydroxyl groups is 1. The van der Waals surface area contributed by atoms with Gasteiger partial charge in [-0.05, 0) is 12.1 Å². The highest BCUT2D eigenvalue weighted by atomic mass is 79.9. The number of nitrogens with two attached hydrogens (primary N) is 1. The SMILES string of the molecule is Nc1ccc(Cl)c(C(=O)CBr)c1O. The normalized spacial score (nSPS) is 10.0. The van der Waals surface area contributed by atoms with E-state index >= 15 is 0 Å². The smallest absolute Gasteiger partial charge is 0.178 e. The third-order valence-corrected chi connectivity index (χ3v) is 2.38. The summed E-state index contributed by atoms with van der Waals surface area (Å²) in [5, 5.41) is 9.73. The monoisotopic (exact) mass is 263 g/mol. The van der Waals surface area contributed by atoms with E-state index in [9.17, 15) is 9.90 Å². The molecule has 0 spiro atoms. The van der Waals surface area contributed by atoms with Gasteiger partial charge in [-0.1, -0.05) is 27.5 Å². The quantitative estimate of drug-likeness (QED) is 0.372. The highest BCUT2D eigenvalue weighted by molar-refractivity contribution is 9.09. The molecule has 0 aromatic heterocycles. The Balaban J connectivity index is 3.33. The van der Waals surface area contributed by atoms with Crippen molar-refractivity contribution >= 4 is 39.0 Å². The summed E-state index contributed by atoms with van der Waals surface area (Å²) in [5.74, 6) is -0.549. The molecule has 70 valence electrons. The van der Waals surface area contributed by atoms with Crippen molar-refractivity contribution in [3.05, 3.63) is 22.7 Å². The lowest BCUT2D eigenvalue weighted by molar-refractivity contribution is 0.102. The molecule has 0 unspecified atom stereocenters.